The Bertz CT molecular complexity index is 1140. The molecule has 0 aliphatic carbocycles. The maximum Gasteiger partial charge on any atom is 0.276 e. The van der Waals surface area contributed by atoms with E-state index in [-0.39, 0.29) is 35.2 Å². The van der Waals surface area contributed by atoms with Crippen molar-refractivity contribution in [1.82, 2.24) is 20.5 Å². The molecule has 0 radical (unpaired) electrons. The number of halogens is 3. The lowest BCUT2D eigenvalue weighted by Crippen LogP contribution is -2.29. The zero-order valence-corrected chi connectivity index (χ0v) is 19.5. The first-order valence-corrected chi connectivity index (χ1v) is 10.7. The normalized spacial score (nSPS) is 13.4. The van der Waals surface area contributed by atoms with Crippen LogP contribution in [-0.2, 0) is 0 Å². The van der Waals surface area contributed by atoms with E-state index in [0.29, 0.717) is 10.8 Å². The quantitative estimate of drug-likeness (QED) is 0.487. The summed E-state index contributed by atoms with van der Waals surface area (Å²) >= 11 is 5.80. The lowest BCUT2D eigenvalue weighted by atomic mass is 10.1. The molecule has 2 aromatic heterocycles. The summed E-state index contributed by atoms with van der Waals surface area (Å²) in [5.41, 5.74) is 0.126. The molecule has 178 valence electrons. The molecular formula is C22H22Cl2FN7O2. The number of rotatable bonds is 5. The number of pyridine rings is 1. The van der Waals surface area contributed by atoms with Crippen molar-refractivity contribution in [3.05, 3.63) is 70.8 Å². The number of amides is 2. The zero-order chi connectivity index (χ0) is 23.2. The number of hydrogen-bond donors (Lipinski definition) is 3. The highest BCUT2D eigenvalue weighted by Crippen LogP contribution is 2.20. The van der Waals surface area contributed by atoms with Crippen molar-refractivity contribution < 1.29 is 14.0 Å². The van der Waals surface area contributed by atoms with Gasteiger partial charge in [-0.3, -0.25) is 9.59 Å². The van der Waals surface area contributed by atoms with E-state index in [4.69, 9.17) is 11.6 Å². The van der Waals surface area contributed by atoms with Crippen molar-refractivity contribution in [2.75, 3.05) is 41.7 Å². The highest BCUT2D eigenvalue weighted by Gasteiger charge is 2.18. The third kappa shape index (κ3) is 6.37. The third-order valence-electron chi connectivity index (χ3n) is 4.99. The Morgan fingerprint density at radius 1 is 1.00 bits per heavy atom. The van der Waals surface area contributed by atoms with Gasteiger partial charge in [0.25, 0.3) is 11.8 Å². The van der Waals surface area contributed by atoms with Gasteiger partial charge in [0.2, 0.25) is 0 Å². The number of nitrogens with one attached hydrogen (secondary N) is 3. The molecule has 1 aromatic carbocycles. The molecule has 0 bridgehead atoms. The smallest absolute Gasteiger partial charge is 0.276 e. The topological polar surface area (TPSA) is 112 Å². The number of hydrogen-bond acceptors (Lipinski definition) is 7. The summed E-state index contributed by atoms with van der Waals surface area (Å²) in [6.07, 6.45) is 2.36. The Morgan fingerprint density at radius 2 is 1.85 bits per heavy atom. The Balaban J connectivity index is 0.00000324. The summed E-state index contributed by atoms with van der Waals surface area (Å²) in [7, 11) is 0. The van der Waals surface area contributed by atoms with Gasteiger partial charge in [0.15, 0.2) is 11.5 Å². The highest BCUT2D eigenvalue weighted by molar-refractivity contribution is 6.30. The van der Waals surface area contributed by atoms with E-state index in [1.807, 2.05) is 0 Å². The number of anilines is 3. The maximum absolute atomic E-state index is 13.9. The second-order valence-electron chi connectivity index (χ2n) is 7.33. The number of benzene rings is 1. The molecule has 12 heteroatoms. The van der Waals surface area contributed by atoms with E-state index in [0.717, 1.165) is 44.7 Å². The summed E-state index contributed by atoms with van der Waals surface area (Å²) < 4.78 is 13.9. The zero-order valence-electron chi connectivity index (χ0n) is 17.9. The van der Waals surface area contributed by atoms with Crippen LogP contribution in [0.2, 0.25) is 5.02 Å². The monoisotopic (exact) mass is 505 g/mol. The fraction of sp³-hybridized carbons (Fsp3) is 0.227. The Kier molecular flexibility index (Phi) is 8.69. The van der Waals surface area contributed by atoms with Crippen molar-refractivity contribution in [3.63, 3.8) is 0 Å². The largest absolute Gasteiger partial charge is 0.354 e. The first kappa shape index (κ1) is 25.3. The van der Waals surface area contributed by atoms with Crippen LogP contribution in [0.4, 0.5) is 21.7 Å². The molecule has 3 heterocycles. The van der Waals surface area contributed by atoms with Crippen LogP contribution >= 0.6 is 24.0 Å². The lowest BCUT2D eigenvalue weighted by molar-refractivity contribution is 0.102. The molecule has 0 spiro atoms. The molecule has 4 rings (SSSR count). The summed E-state index contributed by atoms with van der Waals surface area (Å²) in [6, 6.07) is 9.86. The van der Waals surface area contributed by atoms with Gasteiger partial charge in [-0.15, -0.1) is 22.6 Å². The van der Waals surface area contributed by atoms with Crippen LogP contribution in [0.5, 0.6) is 0 Å². The minimum absolute atomic E-state index is 0. The minimum atomic E-state index is -0.643. The van der Waals surface area contributed by atoms with Crippen LogP contribution < -0.4 is 20.9 Å². The molecule has 1 aliphatic rings. The molecule has 9 nitrogen and oxygen atoms in total. The predicted octanol–water partition coefficient (Wildman–Crippen LogP) is 3.39. The molecule has 3 N–H and O–H groups in total. The minimum Gasteiger partial charge on any atom is -0.354 e. The SMILES string of the molecule is Cl.O=C(Nc1ccc(F)cc1C(=O)Nc1ccc(Cl)cn1)c1ccc(N2CCCNCC2)nn1. The van der Waals surface area contributed by atoms with Crippen LogP contribution in [-0.4, -0.2) is 53.2 Å². The van der Waals surface area contributed by atoms with Gasteiger partial charge in [0, 0.05) is 25.8 Å². The van der Waals surface area contributed by atoms with Crippen LogP contribution in [0.1, 0.15) is 27.3 Å². The van der Waals surface area contributed by atoms with Gasteiger partial charge < -0.3 is 20.9 Å². The molecule has 1 aliphatic heterocycles. The average molecular weight is 506 g/mol. The van der Waals surface area contributed by atoms with Gasteiger partial charge in [0.05, 0.1) is 16.3 Å². The van der Waals surface area contributed by atoms with Crippen molar-refractivity contribution in [3.8, 4) is 0 Å². The molecule has 3 aromatic rings. The second-order valence-corrected chi connectivity index (χ2v) is 7.76. The Labute approximate surface area is 206 Å². The third-order valence-corrected chi connectivity index (χ3v) is 5.21. The van der Waals surface area contributed by atoms with E-state index in [9.17, 15) is 14.0 Å². The number of aromatic nitrogens is 3. The Hall–Kier alpha value is -3.34. The Morgan fingerprint density at radius 3 is 2.59 bits per heavy atom. The maximum atomic E-state index is 13.9. The molecular weight excluding hydrogens is 484 g/mol. The fourth-order valence-corrected chi connectivity index (χ4v) is 3.43. The first-order valence-electron chi connectivity index (χ1n) is 10.3. The van der Waals surface area contributed by atoms with Crippen LogP contribution in [0.25, 0.3) is 0 Å². The lowest BCUT2D eigenvalue weighted by Gasteiger charge is -2.20. The van der Waals surface area contributed by atoms with E-state index >= 15 is 0 Å². The molecule has 0 unspecified atom stereocenters. The van der Waals surface area contributed by atoms with Crippen LogP contribution in [0.3, 0.4) is 0 Å². The summed E-state index contributed by atoms with van der Waals surface area (Å²) in [5.74, 6) is -0.922. The molecule has 1 fully saturated rings. The van der Waals surface area contributed by atoms with E-state index in [2.05, 4.69) is 36.0 Å². The number of nitrogens with zero attached hydrogens (tertiary/aromatic N) is 4. The molecule has 0 saturated carbocycles. The second kappa shape index (κ2) is 11.7. The molecule has 34 heavy (non-hydrogen) atoms. The summed E-state index contributed by atoms with van der Waals surface area (Å²) in [4.78, 5) is 31.5. The van der Waals surface area contributed by atoms with Gasteiger partial charge in [-0.05, 0) is 55.4 Å². The highest BCUT2D eigenvalue weighted by atomic mass is 35.5. The van der Waals surface area contributed by atoms with Gasteiger partial charge in [-0.1, -0.05) is 11.6 Å². The summed E-state index contributed by atoms with van der Waals surface area (Å²) in [5, 5.41) is 17.1. The standard InChI is InChI=1S/C22H21ClFN7O2.ClH/c23-14-2-6-19(26-13-14)28-21(32)16-12-15(24)3-4-17(16)27-22(33)18-5-7-20(30-29-18)31-10-1-8-25-9-11-31;/h2-7,12-13,25H,1,8-11H2,(H,27,33)(H,26,28,32);1H. The van der Waals surface area contributed by atoms with Gasteiger partial charge in [-0.25, -0.2) is 9.37 Å². The van der Waals surface area contributed by atoms with Gasteiger partial charge in [-0.2, -0.15) is 0 Å². The van der Waals surface area contributed by atoms with Crippen LogP contribution in [0.15, 0.2) is 48.7 Å². The van der Waals surface area contributed by atoms with Crippen LogP contribution in [0, 0.1) is 5.82 Å². The molecule has 1 saturated heterocycles. The summed E-state index contributed by atoms with van der Waals surface area (Å²) in [6.45, 7) is 3.46. The first-order chi connectivity index (χ1) is 16.0. The predicted molar refractivity (Wildman–Crippen MR) is 131 cm³/mol. The van der Waals surface area contributed by atoms with Crippen molar-refractivity contribution in [2.45, 2.75) is 6.42 Å². The van der Waals surface area contributed by atoms with Crippen molar-refractivity contribution >= 4 is 53.1 Å². The van der Waals surface area contributed by atoms with E-state index in [1.165, 1.54) is 18.3 Å². The van der Waals surface area contributed by atoms with E-state index in [1.54, 1.807) is 18.2 Å². The number of carbonyl (C=O) groups excluding carboxylic acids is 2. The molecule has 2 amide bonds. The fourth-order valence-electron chi connectivity index (χ4n) is 3.32. The van der Waals surface area contributed by atoms with E-state index < -0.39 is 17.6 Å². The number of carbonyl (C=O) groups is 2. The van der Waals surface area contributed by atoms with Gasteiger partial charge in [0.1, 0.15) is 11.6 Å². The molecule has 0 atom stereocenters. The van der Waals surface area contributed by atoms with Crippen molar-refractivity contribution in [2.24, 2.45) is 0 Å². The average Bonchev–Trinajstić information content (AvgIpc) is 3.11. The van der Waals surface area contributed by atoms with Gasteiger partial charge >= 0.3 is 0 Å². The van der Waals surface area contributed by atoms with Crippen molar-refractivity contribution in [1.29, 1.82) is 0 Å².